The van der Waals surface area contributed by atoms with Crippen molar-refractivity contribution in [1.29, 1.82) is 0 Å². The summed E-state index contributed by atoms with van der Waals surface area (Å²) in [5.74, 6) is -0.325. The lowest BCUT2D eigenvalue weighted by molar-refractivity contribution is -0.134. The zero-order valence-corrected chi connectivity index (χ0v) is 16.4. The van der Waals surface area contributed by atoms with Crippen LogP contribution >= 0.6 is 0 Å². The molecule has 4 heteroatoms. The number of esters is 1. The number of carbonyl (C=O) groups is 1. The molecular formula is C24H26N2O2. The molecule has 1 N–H and O–H groups in total. The first-order valence-electron chi connectivity index (χ1n) is 9.81. The quantitative estimate of drug-likeness (QED) is 0.520. The van der Waals surface area contributed by atoms with Gasteiger partial charge in [-0.1, -0.05) is 36.4 Å². The van der Waals surface area contributed by atoms with Gasteiger partial charge in [0, 0.05) is 36.3 Å². The average Bonchev–Trinajstić information content (AvgIpc) is 3.27. The number of aromatic nitrogens is 1. The molecule has 28 heavy (non-hydrogen) atoms. The number of fused-ring (bicyclic) bond motifs is 2. The molecule has 1 aliphatic rings. The fraction of sp³-hybridized carbons (Fsp3) is 0.292. The van der Waals surface area contributed by atoms with Crippen molar-refractivity contribution in [1.82, 2.24) is 9.88 Å². The van der Waals surface area contributed by atoms with Crippen LogP contribution in [-0.4, -0.2) is 24.2 Å². The fourth-order valence-electron chi connectivity index (χ4n) is 4.19. The normalized spacial score (nSPS) is 16.0. The van der Waals surface area contributed by atoms with Crippen LogP contribution in [0.4, 0.5) is 0 Å². The number of hydrogen-bond donors (Lipinski definition) is 1. The van der Waals surface area contributed by atoms with Gasteiger partial charge in [0.05, 0.1) is 7.11 Å². The molecular weight excluding hydrogens is 348 g/mol. The van der Waals surface area contributed by atoms with Crippen LogP contribution in [-0.2, 0) is 29.4 Å². The second-order valence-electron chi connectivity index (χ2n) is 7.39. The van der Waals surface area contributed by atoms with E-state index in [-0.39, 0.29) is 5.97 Å². The third-order valence-corrected chi connectivity index (χ3v) is 5.62. The molecule has 2 aromatic carbocycles. The van der Waals surface area contributed by atoms with Crippen LogP contribution < -0.4 is 5.32 Å². The molecule has 0 radical (unpaired) electrons. The summed E-state index contributed by atoms with van der Waals surface area (Å²) in [5.41, 5.74) is 6.48. The van der Waals surface area contributed by atoms with Crippen LogP contribution in [0.25, 0.3) is 17.0 Å². The van der Waals surface area contributed by atoms with Crippen molar-refractivity contribution in [2.24, 2.45) is 7.05 Å². The molecule has 0 bridgehead atoms. The molecule has 0 saturated carbocycles. The second-order valence-corrected chi connectivity index (χ2v) is 7.39. The molecule has 0 amide bonds. The van der Waals surface area contributed by atoms with Gasteiger partial charge in [-0.3, -0.25) is 0 Å². The highest BCUT2D eigenvalue weighted by Gasteiger charge is 2.21. The smallest absolute Gasteiger partial charge is 0.330 e. The third-order valence-electron chi connectivity index (χ3n) is 5.62. The van der Waals surface area contributed by atoms with E-state index in [1.54, 1.807) is 0 Å². The Bertz CT molecular complexity index is 1030. The molecule has 1 atom stereocenters. The Morgan fingerprint density at radius 2 is 2.14 bits per heavy atom. The number of methoxy groups -OCH3 is 1. The van der Waals surface area contributed by atoms with Crippen molar-refractivity contribution in [2.45, 2.75) is 25.3 Å². The first-order chi connectivity index (χ1) is 13.7. The standard InChI is InChI=1S/C24H26N2O2/c1-26-16-19(21-5-3-4-6-23(21)26)13-14-25-22-11-9-18-15-17(7-10-20(18)22)8-12-24(27)28-2/h3-8,10,12,15-16,22,25H,9,11,13-14H2,1-2H3/b12-8+. The number of benzene rings is 2. The number of aryl methyl sites for hydroxylation is 2. The summed E-state index contributed by atoms with van der Waals surface area (Å²) in [7, 11) is 3.50. The minimum atomic E-state index is -0.325. The molecule has 4 rings (SSSR count). The Morgan fingerprint density at radius 1 is 1.29 bits per heavy atom. The zero-order chi connectivity index (χ0) is 19.5. The van der Waals surface area contributed by atoms with Gasteiger partial charge in [-0.2, -0.15) is 0 Å². The first-order valence-corrected chi connectivity index (χ1v) is 9.81. The van der Waals surface area contributed by atoms with Crippen molar-refractivity contribution >= 4 is 22.9 Å². The Hall–Kier alpha value is -2.85. The fourth-order valence-corrected chi connectivity index (χ4v) is 4.19. The second kappa shape index (κ2) is 8.03. The monoisotopic (exact) mass is 374 g/mol. The SMILES string of the molecule is COC(=O)/C=C/c1ccc2c(c1)CCC2NCCc1cn(C)c2ccccc12. The number of hydrogen-bond acceptors (Lipinski definition) is 3. The van der Waals surface area contributed by atoms with E-state index in [9.17, 15) is 4.79 Å². The lowest BCUT2D eigenvalue weighted by atomic mass is 10.0. The van der Waals surface area contributed by atoms with E-state index in [1.807, 2.05) is 6.08 Å². The Morgan fingerprint density at radius 3 is 3.00 bits per heavy atom. The van der Waals surface area contributed by atoms with E-state index in [0.29, 0.717) is 6.04 Å². The van der Waals surface area contributed by atoms with E-state index in [1.165, 1.54) is 40.8 Å². The van der Waals surface area contributed by atoms with Crippen molar-refractivity contribution in [2.75, 3.05) is 13.7 Å². The molecule has 0 fully saturated rings. The van der Waals surface area contributed by atoms with Gasteiger partial charge in [0.2, 0.25) is 0 Å². The molecule has 1 aliphatic carbocycles. The van der Waals surface area contributed by atoms with Gasteiger partial charge in [0.1, 0.15) is 0 Å². The summed E-state index contributed by atoms with van der Waals surface area (Å²) in [4.78, 5) is 11.3. The number of carbonyl (C=O) groups excluding carboxylic acids is 1. The van der Waals surface area contributed by atoms with Crippen LogP contribution in [0.2, 0.25) is 0 Å². The van der Waals surface area contributed by atoms with Crippen LogP contribution in [0.5, 0.6) is 0 Å². The summed E-state index contributed by atoms with van der Waals surface area (Å²) >= 11 is 0. The largest absolute Gasteiger partial charge is 0.466 e. The average molecular weight is 374 g/mol. The van der Waals surface area contributed by atoms with E-state index in [0.717, 1.165) is 31.4 Å². The van der Waals surface area contributed by atoms with Crippen LogP contribution in [0.1, 0.15) is 34.7 Å². The maximum atomic E-state index is 11.3. The van der Waals surface area contributed by atoms with Gasteiger partial charge >= 0.3 is 5.97 Å². The van der Waals surface area contributed by atoms with E-state index in [4.69, 9.17) is 0 Å². The highest BCUT2D eigenvalue weighted by atomic mass is 16.5. The van der Waals surface area contributed by atoms with Gasteiger partial charge in [-0.05, 0) is 60.2 Å². The zero-order valence-electron chi connectivity index (χ0n) is 16.4. The van der Waals surface area contributed by atoms with E-state index < -0.39 is 0 Å². The number of nitrogens with one attached hydrogen (secondary N) is 1. The highest BCUT2D eigenvalue weighted by molar-refractivity contribution is 5.87. The Kier molecular flexibility index (Phi) is 5.31. The predicted octanol–water partition coefficient (Wildman–Crippen LogP) is 4.18. The summed E-state index contributed by atoms with van der Waals surface area (Å²) in [6.45, 7) is 0.960. The van der Waals surface area contributed by atoms with Crippen molar-refractivity contribution < 1.29 is 9.53 Å². The number of para-hydroxylation sites is 1. The maximum absolute atomic E-state index is 11.3. The van der Waals surface area contributed by atoms with Crippen molar-refractivity contribution in [3.05, 3.63) is 77.0 Å². The van der Waals surface area contributed by atoms with Gasteiger partial charge in [-0.15, -0.1) is 0 Å². The summed E-state index contributed by atoms with van der Waals surface area (Å²) in [6, 6.07) is 15.4. The van der Waals surface area contributed by atoms with Gasteiger partial charge in [0.15, 0.2) is 0 Å². The Labute approximate surface area is 165 Å². The minimum Gasteiger partial charge on any atom is -0.466 e. The van der Waals surface area contributed by atoms with Crippen molar-refractivity contribution in [3.63, 3.8) is 0 Å². The minimum absolute atomic E-state index is 0.325. The topological polar surface area (TPSA) is 43.3 Å². The third kappa shape index (κ3) is 3.73. The van der Waals surface area contributed by atoms with E-state index >= 15 is 0 Å². The van der Waals surface area contributed by atoms with Crippen LogP contribution in [0.3, 0.4) is 0 Å². The summed E-state index contributed by atoms with van der Waals surface area (Å²) in [5, 5.41) is 5.09. The molecule has 0 spiro atoms. The van der Waals surface area contributed by atoms with Crippen LogP contribution in [0.15, 0.2) is 54.7 Å². The molecule has 3 aromatic rings. The molecule has 1 heterocycles. The first kappa shape index (κ1) is 18.5. The summed E-state index contributed by atoms with van der Waals surface area (Å²) < 4.78 is 6.86. The summed E-state index contributed by atoms with van der Waals surface area (Å²) in [6.07, 6.45) is 8.74. The molecule has 0 saturated heterocycles. The number of rotatable bonds is 6. The van der Waals surface area contributed by atoms with Gasteiger partial charge in [-0.25, -0.2) is 4.79 Å². The van der Waals surface area contributed by atoms with Crippen LogP contribution in [0, 0.1) is 0 Å². The molecule has 144 valence electrons. The predicted molar refractivity (Wildman–Crippen MR) is 113 cm³/mol. The van der Waals surface area contributed by atoms with Crippen molar-refractivity contribution in [3.8, 4) is 0 Å². The maximum Gasteiger partial charge on any atom is 0.330 e. The molecule has 1 aromatic heterocycles. The lowest BCUT2D eigenvalue weighted by Crippen LogP contribution is -2.21. The number of nitrogens with zero attached hydrogens (tertiary/aromatic N) is 1. The van der Waals surface area contributed by atoms with Gasteiger partial charge < -0.3 is 14.6 Å². The van der Waals surface area contributed by atoms with E-state index in [2.05, 4.69) is 70.3 Å². The highest BCUT2D eigenvalue weighted by Crippen LogP contribution is 2.32. The van der Waals surface area contributed by atoms with Gasteiger partial charge in [0.25, 0.3) is 0 Å². The number of ether oxygens (including phenoxy) is 1. The molecule has 0 aliphatic heterocycles. The lowest BCUT2D eigenvalue weighted by Gasteiger charge is -2.14. The Balaban J connectivity index is 1.40. The molecule has 1 unspecified atom stereocenters. The molecule has 4 nitrogen and oxygen atoms in total.